The van der Waals surface area contributed by atoms with Crippen LogP contribution in [-0.2, 0) is 16.1 Å². The van der Waals surface area contributed by atoms with Gasteiger partial charge in [-0.1, -0.05) is 6.07 Å². The summed E-state index contributed by atoms with van der Waals surface area (Å²) in [7, 11) is 1.56. The van der Waals surface area contributed by atoms with Gasteiger partial charge in [0.15, 0.2) is 0 Å². The molecule has 1 atom stereocenters. The summed E-state index contributed by atoms with van der Waals surface area (Å²) in [5, 5.41) is 7.51. The Labute approximate surface area is 106 Å². The number of hydrogen-bond donors (Lipinski definition) is 2. The van der Waals surface area contributed by atoms with Crippen LogP contribution < -0.4 is 10.5 Å². The molecule has 0 amide bonds. The summed E-state index contributed by atoms with van der Waals surface area (Å²) in [6.45, 7) is 1.93. The SMILES string of the molecule is COc1ccc(COC2CCOC2)cc1C(=N)N. The molecule has 0 radical (unpaired) electrons. The second-order valence-electron chi connectivity index (χ2n) is 4.24. The summed E-state index contributed by atoms with van der Waals surface area (Å²) in [4.78, 5) is 0. The summed E-state index contributed by atoms with van der Waals surface area (Å²) in [5.74, 6) is 0.605. The number of amidine groups is 1. The van der Waals surface area contributed by atoms with Gasteiger partial charge in [0.25, 0.3) is 0 Å². The van der Waals surface area contributed by atoms with Crippen LogP contribution in [0.1, 0.15) is 17.5 Å². The van der Waals surface area contributed by atoms with Crippen LogP contribution in [0.5, 0.6) is 5.75 Å². The van der Waals surface area contributed by atoms with E-state index in [0.29, 0.717) is 24.5 Å². The first kappa shape index (κ1) is 12.9. The van der Waals surface area contributed by atoms with Gasteiger partial charge in [0, 0.05) is 6.61 Å². The summed E-state index contributed by atoms with van der Waals surface area (Å²) >= 11 is 0. The fourth-order valence-electron chi connectivity index (χ4n) is 1.91. The quantitative estimate of drug-likeness (QED) is 0.609. The van der Waals surface area contributed by atoms with Crippen molar-refractivity contribution in [2.24, 2.45) is 5.73 Å². The van der Waals surface area contributed by atoms with Gasteiger partial charge in [-0.25, -0.2) is 0 Å². The van der Waals surface area contributed by atoms with Gasteiger partial charge >= 0.3 is 0 Å². The van der Waals surface area contributed by atoms with E-state index < -0.39 is 0 Å². The third-order valence-corrected chi connectivity index (χ3v) is 2.93. The standard InChI is InChI=1S/C13H18N2O3/c1-16-12-3-2-9(6-11(12)13(14)15)7-18-10-4-5-17-8-10/h2-3,6,10H,4-5,7-8H2,1H3,(H3,14,15). The van der Waals surface area contributed by atoms with Crippen molar-refractivity contribution >= 4 is 5.84 Å². The van der Waals surface area contributed by atoms with E-state index >= 15 is 0 Å². The highest BCUT2D eigenvalue weighted by molar-refractivity contribution is 5.97. The monoisotopic (exact) mass is 250 g/mol. The molecule has 5 heteroatoms. The van der Waals surface area contributed by atoms with Crippen molar-refractivity contribution in [2.45, 2.75) is 19.1 Å². The molecular formula is C13H18N2O3. The molecule has 0 aromatic heterocycles. The number of rotatable bonds is 5. The van der Waals surface area contributed by atoms with Crippen LogP contribution in [-0.4, -0.2) is 32.3 Å². The lowest BCUT2D eigenvalue weighted by Gasteiger charge is -2.12. The second-order valence-corrected chi connectivity index (χ2v) is 4.24. The maximum absolute atomic E-state index is 7.51. The number of nitrogens with two attached hydrogens (primary N) is 1. The van der Waals surface area contributed by atoms with E-state index in [1.807, 2.05) is 12.1 Å². The van der Waals surface area contributed by atoms with E-state index in [1.54, 1.807) is 13.2 Å². The predicted molar refractivity (Wildman–Crippen MR) is 68.0 cm³/mol. The normalized spacial score (nSPS) is 18.8. The first-order valence-electron chi connectivity index (χ1n) is 5.91. The second kappa shape index (κ2) is 5.84. The van der Waals surface area contributed by atoms with Gasteiger partial charge in [0.1, 0.15) is 11.6 Å². The number of methoxy groups -OCH3 is 1. The van der Waals surface area contributed by atoms with E-state index in [4.69, 9.17) is 25.4 Å². The molecule has 1 aliphatic heterocycles. The molecule has 0 bridgehead atoms. The fraction of sp³-hybridized carbons (Fsp3) is 0.462. The Balaban J connectivity index is 2.04. The smallest absolute Gasteiger partial charge is 0.129 e. The molecule has 18 heavy (non-hydrogen) atoms. The average Bonchev–Trinajstić information content (AvgIpc) is 2.89. The molecule has 3 N–H and O–H groups in total. The number of ether oxygens (including phenoxy) is 3. The summed E-state index contributed by atoms with van der Waals surface area (Å²) in [6, 6.07) is 5.55. The molecule has 1 aromatic carbocycles. The highest BCUT2D eigenvalue weighted by Gasteiger charge is 2.16. The van der Waals surface area contributed by atoms with E-state index in [9.17, 15) is 0 Å². The third-order valence-electron chi connectivity index (χ3n) is 2.93. The Bertz CT molecular complexity index is 428. The molecule has 1 aromatic rings. The van der Waals surface area contributed by atoms with Crippen LogP contribution in [0.4, 0.5) is 0 Å². The largest absolute Gasteiger partial charge is 0.496 e. The minimum Gasteiger partial charge on any atom is -0.496 e. The maximum Gasteiger partial charge on any atom is 0.129 e. The lowest BCUT2D eigenvalue weighted by atomic mass is 10.1. The fourth-order valence-corrected chi connectivity index (χ4v) is 1.91. The molecule has 1 fully saturated rings. The van der Waals surface area contributed by atoms with E-state index in [1.165, 1.54) is 0 Å². The van der Waals surface area contributed by atoms with E-state index in [2.05, 4.69) is 0 Å². The first-order valence-corrected chi connectivity index (χ1v) is 5.91. The van der Waals surface area contributed by atoms with E-state index in [-0.39, 0.29) is 11.9 Å². The van der Waals surface area contributed by atoms with Crippen molar-refractivity contribution in [1.82, 2.24) is 0 Å². The van der Waals surface area contributed by atoms with Crippen LogP contribution in [0.2, 0.25) is 0 Å². The summed E-state index contributed by atoms with van der Waals surface area (Å²) in [6.07, 6.45) is 1.11. The zero-order valence-electron chi connectivity index (χ0n) is 10.4. The molecule has 98 valence electrons. The van der Waals surface area contributed by atoms with Crippen LogP contribution >= 0.6 is 0 Å². The number of benzene rings is 1. The van der Waals surface area contributed by atoms with Crippen LogP contribution in [0.3, 0.4) is 0 Å². The average molecular weight is 250 g/mol. The Morgan fingerprint density at radius 1 is 1.56 bits per heavy atom. The maximum atomic E-state index is 7.51. The molecule has 2 rings (SSSR count). The van der Waals surface area contributed by atoms with Gasteiger partial charge in [-0.2, -0.15) is 0 Å². The van der Waals surface area contributed by atoms with Crippen molar-refractivity contribution in [2.75, 3.05) is 20.3 Å². The molecule has 1 aliphatic rings. The molecular weight excluding hydrogens is 232 g/mol. The van der Waals surface area contributed by atoms with Crippen molar-refractivity contribution < 1.29 is 14.2 Å². The number of nitrogens with one attached hydrogen (secondary N) is 1. The molecule has 5 nitrogen and oxygen atoms in total. The zero-order valence-corrected chi connectivity index (χ0v) is 10.4. The minimum atomic E-state index is -0.00194. The van der Waals surface area contributed by atoms with Crippen molar-refractivity contribution in [3.63, 3.8) is 0 Å². The van der Waals surface area contributed by atoms with Gasteiger partial charge in [-0.3, -0.25) is 5.41 Å². The zero-order chi connectivity index (χ0) is 13.0. The Morgan fingerprint density at radius 2 is 2.39 bits per heavy atom. The Kier molecular flexibility index (Phi) is 4.17. The van der Waals surface area contributed by atoms with Gasteiger partial charge < -0.3 is 19.9 Å². The highest BCUT2D eigenvalue weighted by atomic mass is 16.5. The molecule has 0 saturated carbocycles. The molecule has 0 spiro atoms. The van der Waals surface area contributed by atoms with E-state index in [0.717, 1.165) is 18.6 Å². The Morgan fingerprint density at radius 3 is 3.00 bits per heavy atom. The first-order chi connectivity index (χ1) is 8.70. The lowest BCUT2D eigenvalue weighted by molar-refractivity contribution is 0.0317. The van der Waals surface area contributed by atoms with Crippen LogP contribution in [0.25, 0.3) is 0 Å². The van der Waals surface area contributed by atoms with Gasteiger partial charge in [0.05, 0.1) is 32.0 Å². The van der Waals surface area contributed by atoms with Crippen molar-refractivity contribution in [3.05, 3.63) is 29.3 Å². The molecule has 1 heterocycles. The third kappa shape index (κ3) is 3.00. The number of hydrogen-bond acceptors (Lipinski definition) is 4. The number of nitrogen functional groups attached to an aromatic ring is 1. The Hall–Kier alpha value is -1.59. The topological polar surface area (TPSA) is 77.6 Å². The molecule has 1 saturated heterocycles. The van der Waals surface area contributed by atoms with Crippen LogP contribution in [0.15, 0.2) is 18.2 Å². The molecule has 1 unspecified atom stereocenters. The van der Waals surface area contributed by atoms with Crippen LogP contribution in [0, 0.1) is 5.41 Å². The van der Waals surface area contributed by atoms with Crippen molar-refractivity contribution in [1.29, 1.82) is 5.41 Å². The lowest BCUT2D eigenvalue weighted by Crippen LogP contribution is -2.14. The van der Waals surface area contributed by atoms with Gasteiger partial charge in [-0.05, 0) is 24.1 Å². The predicted octanol–water partition coefficient (Wildman–Crippen LogP) is 1.28. The van der Waals surface area contributed by atoms with Gasteiger partial charge in [0.2, 0.25) is 0 Å². The van der Waals surface area contributed by atoms with Gasteiger partial charge in [-0.15, -0.1) is 0 Å². The summed E-state index contributed by atoms with van der Waals surface area (Å²) in [5.41, 5.74) is 7.10. The highest BCUT2D eigenvalue weighted by Crippen LogP contribution is 2.20. The van der Waals surface area contributed by atoms with Crippen molar-refractivity contribution in [3.8, 4) is 5.75 Å². The molecule has 0 aliphatic carbocycles. The summed E-state index contributed by atoms with van der Waals surface area (Å²) < 4.78 is 16.1. The minimum absolute atomic E-state index is 0.00194.